The zero-order chi connectivity index (χ0) is 14.7. The first-order valence-corrected chi connectivity index (χ1v) is 7.32. The number of nitrogens with one attached hydrogen (secondary N) is 1. The van der Waals surface area contributed by atoms with E-state index in [0.29, 0.717) is 17.8 Å². The van der Waals surface area contributed by atoms with Crippen molar-refractivity contribution in [3.63, 3.8) is 0 Å². The molecule has 2 heterocycles. The Morgan fingerprint density at radius 1 is 1.33 bits per heavy atom. The molecule has 0 aromatic carbocycles. The monoisotopic (exact) mass is 288 g/mol. The fraction of sp³-hybridized carbons (Fsp3) is 0.615. The van der Waals surface area contributed by atoms with Gasteiger partial charge < -0.3 is 10.2 Å². The van der Waals surface area contributed by atoms with Gasteiger partial charge in [-0.2, -0.15) is 24.7 Å². The molecule has 0 saturated heterocycles. The van der Waals surface area contributed by atoms with Gasteiger partial charge in [-0.1, -0.05) is 6.92 Å². The van der Waals surface area contributed by atoms with Crippen LogP contribution in [0.3, 0.4) is 0 Å². The molecule has 0 aliphatic heterocycles. The van der Waals surface area contributed by atoms with Crippen LogP contribution in [-0.2, 0) is 0 Å². The fourth-order valence-electron chi connectivity index (χ4n) is 2.02. The van der Waals surface area contributed by atoms with E-state index in [2.05, 4.69) is 42.2 Å². The summed E-state index contributed by atoms with van der Waals surface area (Å²) in [5.41, 5.74) is 0. The maximum atomic E-state index is 4.49. The maximum Gasteiger partial charge on any atom is 0.258 e. The lowest BCUT2D eigenvalue weighted by Crippen LogP contribution is -2.24. The molecule has 0 unspecified atom stereocenters. The Labute approximate surface area is 123 Å². The fourth-order valence-corrected chi connectivity index (χ4v) is 2.02. The molecule has 1 N–H and O–H groups in total. The van der Waals surface area contributed by atoms with Gasteiger partial charge in [0, 0.05) is 20.1 Å². The van der Waals surface area contributed by atoms with E-state index in [9.17, 15) is 0 Å². The summed E-state index contributed by atoms with van der Waals surface area (Å²) in [4.78, 5) is 19.4. The summed E-state index contributed by atoms with van der Waals surface area (Å²) in [5, 5.41) is 7.30. The molecule has 1 aliphatic rings. The zero-order valence-corrected chi connectivity index (χ0v) is 12.4. The molecule has 21 heavy (non-hydrogen) atoms. The summed E-state index contributed by atoms with van der Waals surface area (Å²) in [6, 6.07) is 0. The number of hydrogen-bond acceptors (Lipinski definition) is 7. The molecule has 1 saturated carbocycles. The molecule has 0 atom stereocenters. The molecule has 8 nitrogen and oxygen atoms in total. The van der Waals surface area contributed by atoms with Crippen LogP contribution in [-0.4, -0.2) is 49.9 Å². The van der Waals surface area contributed by atoms with Crippen molar-refractivity contribution >= 4 is 11.9 Å². The van der Waals surface area contributed by atoms with Crippen molar-refractivity contribution in [2.75, 3.05) is 30.4 Å². The first-order valence-electron chi connectivity index (χ1n) is 7.32. The molecular weight excluding hydrogens is 268 g/mol. The highest BCUT2D eigenvalue weighted by atomic mass is 15.4. The highest BCUT2D eigenvalue weighted by Gasteiger charge is 2.24. The van der Waals surface area contributed by atoms with Crippen LogP contribution in [0.2, 0.25) is 0 Å². The van der Waals surface area contributed by atoms with Crippen molar-refractivity contribution in [3.05, 3.63) is 12.7 Å². The van der Waals surface area contributed by atoms with Gasteiger partial charge in [-0.15, -0.1) is 0 Å². The van der Waals surface area contributed by atoms with Crippen molar-refractivity contribution in [1.82, 2.24) is 29.7 Å². The van der Waals surface area contributed by atoms with Gasteiger partial charge in [0.2, 0.25) is 11.9 Å². The normalized spacial score (nSPS) is 14.2. The van der Waals surface area contributed by atoms with E-state index in [-0.39, 0.29) is 0 Å². The third-order valence-electron chi connectivity index (χ3n) is 3.34. The van der Waals surface area contributed by atoms with Crippen molar-refractivity contribution < 1.29 is 0 Å². The molecule has 2 aromatic heterocycles. The molecule has 112 valence electrons. The number of rotatable bonds is 7. The number of nitrogens with zero attached hydrogens (tertiary/aromatic N) is 7. The quantitative estimate of drug-likeness (QED) is 0.817. The predicted octanol–water partition coefficient (Wildman–Crippen LogP) is 1.12. The first kappa shape index (κ1) is 13.7. The number of anilines is 2. The second kappa shape index (κ2) is 6.02. The van der Waals surface area contributed by atoms with E-state index in [1.165, 1.54) is 19.2 Å². The SMILES string of the molecule is CCCNc1nc(N(C)CC2CC2)nc(-n2cncn2)n1. The smallest absolute Gasteiger partial charge is 0.258 e. The average Bonchev–Trinajstić information content (AvgIpc) is 3.14. The summed E-state index contributed by atoms with van der Waals surface area (Å²) < 4.78 is 1.55. The Bertz CT molecular complexity index is 578. The summed E-state index contributed by atoms with van der Waals surface area (Å²) >= 11 is 0. The molecular formula is C13H20N8. The lowest BCUT2D eigenvalue weighted by atomic mass is 10.4. The Kier molecular flexibility index (Phi) is 3.94. The molecule has 2 aromatic rings. The molecule has 1 aliphatic carbocycles. The summed E-state index contributed by atoms with van der Waals surface area (Å²) in [7, 11) is 2.02. The summed E-state index contributed by atoms with van der Waals surface area (Å²) in [6.07, 6.45) is 6.66. The number of hydrogen-bond donors (Lipinski definition) is 1. The van der Waals surface area contributed by atoms with E-state index in [1.54, 1.807) is 11.0 Å². The van der Waals surface area contributed by atoms with Crippen LogP contribution in [0.15, 0.2) is 12.7 Å². The largest absolute Gasteiger partial charge is 0.354 e. The van der Waals surface area contributed by atoms with Gasteiger partial charge in [0.25, 0.3) is 5.95 Å². The van der Waals surface area contributed by atoms with E-state index in [0.717, 1.165) is 25.4 Å². The van der Waals surface area contributed by atoms with Crippen LogP contribution in [0.25, 0.3) is 5.95 Å². The highest BCUT2D eigenvalue weighted by Crippen LogP contribution is 2.30. The van der Waals surface area contributed by atoms with Gasteiger partial charge in [0.05, 0.1) is 0 Å². The van der Waals surface area contributed by atoms with Crippen molar-refractivity contribution in [2.24, 2.45) is 5.92 Å². The van der Waals surface area contributed by atoms with E-state index in [1.807, 2.05) is 7.05 Å². The Balaban J connectivity index is 1.87. The molecule has 0 spiro atoms. The molecule has 0 amide bonds. The summed E-state index contributed by atoms with van der Waals surface area (Å²) in [5.74, 6) is 2.50. The van der Waals surface area contributed by atoms with Crippen LogP contribution in [0, 0.1) is 5.92 Å². The van der Waals surface area contributed by atoms with E-state index >= 15 is 0 Å². The second-order valence-electron chi connectivity index (χ2n) is 5.35. The van der Waals surface area contributed by atoms with E-state index in [4.69, 9.17) is 0 Å². The molecule has 0 radical (unpaired) electrons. The first-order chi connectivity index (χ1) is 10.3. The average molecular weight is 288 g/mol. The minimum atomic E-state index is 0.485. The molecule has 0 bridgehead atoms. The van der Waals surface area contributed by atoms with Crippen molar-refractivity contribution in [2.45, 2.75) is 26.2 Å². The highest BCUT2D eigenvalue weighted by molar-refractivity contribution is 5.39. The van der Waals surface area contributed by atoms with Crippen LogP contribution >= 0.6 is 0 Å². The minimum Gasteiger partial charge on any atom is -0.354 e. The predicted molar refractivity (Wildman–Crippen MR) is 79.5 cm³/mol. The topological polar surface area (TPSA) is 84.7 Å². The van der Waals surface area contributed by atoms with Crippen molar-refractivity contribution in [1.29, 1.82) is 0 Å². The van der Waals surface area contributed by atoms with Gasteiger partial charge in [-0.25, -0.2) is 4.98 Å². The van der Waals surface area contributed by atoms with E-state index < -0.39 is 0 Å². The van der Waals surface area contributed by atoms with Crippen LogP contribution in [0.5, 0.6) is 0 Å². The summed E-state index contributed by atoms with van der Waals surface area (Å²) in [6.45, 7) is 3.91. The van der Waals surface area contributed by atoms with Crippen LogP contribution < -0.4 is 10.2 Å². The zero-order valence-electron chi connectivity index (χ0n) is 12.4. The third kappa shape index (κ3) is 3.45. The van der Waals surface area contributed by atoms with Gasteiger partial charge >= 0.3 is 0 Å². The van der Waals surface area contributed by atoms with Gasteiger partial charge in [0.15, 0.2) is 0 Å². The van der Waals surface area contributed by atoms with Crippen LogP contribution in [0.4, 0.5) is 11.9 Å². The molecule has 3 rings (SSSR count). The van der Waals surface area contributed by atoms with Crippen molar-refractivity contribution in [3.8, 4) is 5.95 Å². The number of aromatic nitrogens is 6. The molecule has 1 fully saturated rings. The Morgan fingerprint density at radius 3 is 2.86 bits per heavy atom. The maximum absolute atomic E-state index is 4.49. The lowest BCUT2D eigenvalue weighted by molar-refractivity contribution is 0.738. The standard InChI is InChI=1S/C13H20N8/c1-3-6-15-11-17-12(20(2)7-10-4-5-10)19-13(18-11)21-9-14-8-16-21/h8-10H,3-7H2,1-2H3,(H,15,17,18,19). The van der Waals surface area contributed by atoms with Gasteiger partial charge in [-0.3, -0.25) is 0 Å². The van der Waals surface area contributed by atoms with Gasteiger partial charge in [0.1, 0.15) is 12.7 Å². The second-order valence-corrected chi connectivity index (χ2v) is 5.35. The minimum absolute atomic E-state index is 0.485. The van der Waals surface area contributed by atoms with Crippen LogP contribution in [0.1, 0.15) is 26.2 Å². The molecule has 8 heteroatoms. The Hall–Kier alpha value is -2.25. The third-order valence-corrected chi connectivity index (χ3v) is 3.34. The Morgan fingerprint density at radius 2 is 2.19 bits per heavy atom. The lowest BCUT2D eigenvalue weighted by Gasteiger charge is -2.17. The van der Waals surface area contributed by atoms with Gasteiger partial charge in [-0.05, 0) is 25.2 Å².